The molecule has 0 saturated heterocycles. The molecule has 22 heavy (non-hydrogen) atoms. The summed E-state index contributed by atoms with van der Waals surface area (Å²) in [5.41, 5.74) is 0. The molecule has 0 aliphatic heterocycles. The standard InChI is InChI=1S/C20H38O2/c1-2-3-17-20(22)18-15-13-11-9-7-5-4-6-8-10-12-14-16-19-21/h8,10,15,18,20-22H,2-7,9,11-14,16-17,19H2,1H3/b10-8+,18-15+. The summed E-state index contributed by atoms with van der Waals surface area (Å²) in [6.45, 7) is 2.48. The Bertz CT molecular complexity index is 258. The highest BCUT2D eigenvalue weighted by atomic mass is 16.3. The van der Waals surface area contributed by atoms with E-state index in [0.29, 0.717) is 6.61 Å². The van der Waals surface area contributed by atoms with Crippen LogP contribution in [0, 0.1) is 0 Å². The summed E-state index contributed by atoms with van der Waals surface area (Å²) in [6, 6.07) is 0. The van der Waals surface area contributed by atoms with Crippen LogP contribution in [0.25, 0.3) is 0 Å². The van der Waals surface area contributed by atoms with Crippen molar-refractivity contribution in [2.45, 2.75) is 96.5 Å². The molecule has 0 heterocycles. The molecule has 0 amide bonds. The minimum absolute atomic E-state index is 0.232. The lowest BCUT2D eigenvalue weighted by atomic mass is 10.1. The fraction of sp³-hybridized carbons (Fsp3) is 0.800. The molecule has 0 bridgehead atoms. The van der Waals surface area contributed by atoms with Crippen LogP contribution in [0.15, 0.2) is 24.3 Å². The van der Waals surface area contributed by atoms with Gasteiger partial charge in [0.25, 0.3) is 0 Å². The molecule has 1 unspecified atom stereocenters. The van der Waals surface area contributed by atoms with Crippen LogP contribution in [0.1, 0.15) is 90.4 Å². The zero-order valence-corrected chi connectivity index (χ0v) is 14.7. The minimum Gasteiger partial charge on any atom is -0.396 e. The number of aliphatic hydroxyl groups excluding tert-OH is 2. The third-order valence-electron chi connectivity index (χ3n) is 3.90. The number of hydrogen-bond donors (Lipinski definition) is 2. The van der Waals surface area contributed by atoms with Crippen molar-refractivity contribution in [2.75, 3.05) is 6.61 Å². The molecule has 0 saturated carbocycles. The van der Waals surface area contributed by atoms with E-state index in [1.54, 1.807) is 0 Å². The van der Waals surface area contributed by atoms with Crippen LogP contribution in [0.4, 0.5) is 0 Å². The van der Waals surface area contributed by atoms with Gasteiger partial charge in [-0.1, -0.05) is 63.3 Å². The Hall–Kier alpha value is -0.600. The topological polar surface area (TPSA) is 40.5 Å². The highest BCUT2D eigenvalue weighted by molar-refractivity contribution is 4.88. The number of hydrogen-bond acceptors (Lipinski definition) is 2. The molecule has 1 atom stereocenters. The molecule has 0 spiro atoms. The van der Waals surface area contributed by atoms with Crippen molar-refractivity contribution < 1.29 is 10.2 Å². The van der Waals surface area contributed by atoms with Gasteiger partial charge >= 0.3 is 0 Å². The Morgan fingerprint density at radius 1 is 0.727 bits per heavy atom. The van der Waals surface area contributed by atoms with Crippen molar-refractivity contribution in [3.63, 3.8) is 0 Å². The van der Waals surface area contributed by atoms with Gasteiger partial charge in [-0.15, -0.1) is 0 Å². The molecule has 2 N–H and O–H groups in total. The maximum absolute atomic E-state index is 9.67. The first-order chi connectivity index (χ1) is 10.8. The van der Waals surface area contributed by atoms with Crippen LogP contribution in [-0.4, -0.2) is 22.9 Å². The number of aliphatic hydroxyl groups is 2. The quantitative estimate of drug-likeness (QED) is 0.290. The number of allylic oxidation sites excluding steroid dienone is 3. The highest BCUT2D eigenvalue weighted by Gasteiger charge is 1.96. The van der Waals surface area contributed by atoms with Gasteiger partial charge in [0.1, 0.15) is 0 Å². The van der Waals surface area contributed by atoms with Gasteiger partial charge in [-0.3, -0.25) is 0 Å². The van der Waals surface area contributed by atoms with E-state index < -0.39 is 0 Å². The Kier molecular flexibility index (Phi) is 17.9. The lowest BCUT2D eigenvalue weighted by molar-refractivity contribution is 0.209. The molecule has 0 aromatic rings. The molecular weight excluding hydrogens is 272 g/mol. The van der Waals surface area contributed by atoms with Gasteiger partial charge in [-0.2, -0.15) is 0 Å². The fourth-order valence-electron chi connectivity index (χ4n) is 2.43. The summed E-state index contributed by atoms with van der Waals surface area (Å²) in [6.07, 6.45) is 23.5. The molecule has 0 aliphatic rings. The molecule has 130 valence electrons. The van der Waals surface area contributed by atoms with Crippen molar-refractivity contribution >= 4 is 0 Å². The molecule has 0 rings (SSSR count). The van der Waals surface area contributed by atoms with E-state index >= 15 is 0 Å². The maximum Gasteiger partial charge on any atom is 0.0720 e. The van der Waals surface area contributed by atoms with Crippen molar-refractivity contribution in [1.29, 1.82) is 0 Å². The molecule has 0 radical (unpaired) electrons. The Balaban J connectivity index is 3.21. The molecule has 0 aromatic carbocycles. The van der Waals surface area contributed by atoms with E-state index in [-0.39, 0.29) is 6.10 Å². The van der Waals surface area contributed by atoms with Crippen LogP contribution < -0.4 is 0 Å². The molecule has 0 aromatic heterocycles. The Labute approximate surface area is 138 Å². The lowest BCUT2D eigenvalue weighted by Crippen LogP contribution is -2.00. The maximum atomic E-state index is 9.67. The average Bonchev–Trinajstić information content (AvgIpc) is 2.53. The molecular formula is C20H38O2. The monoisotopic (exact) mass is 310 g/mol. The van der Waals surface area contributed by atoms with Gasteiger partial charge in [0.05, 0.1) is 6.10 Å². The summed E-state index contributed by atoms with van der Waals surface area (Å²) in [5, 5.41) is 18.3. The SMILES string of the molecule is CCCCC(O)/C=C/CCCCCCC/C=C/CCCCO. The predicted octanol–water partition coefficient (Wildman–Crippen LogP) is 5.54. The molecule has 0 aliphatic carbocycles. The van der Waals surface area contributed by atoms with E-state index in [9.17, 15) is 5.11 Å². The Morgan fingerprint density at radius 3 is 1.86 bits per heavy atom. The van der Waals surface area contributed by atoms with Gasteiger partial charge in [-0.25, -0.2) is 0 Å². The average molecular weight is 311 g/mol. The Morgan fingerprint density at radius 2 is 1.27 bits per heavy atom. The third kappa shape index (κ3) is 17.5. The van der Waals surface area contributed by atoms with E-state index in [1.165, 1.54) is 38.5 Å². The van der Waals surface area contributed by atoms with Crippen molar-refractivity contribution in [3.05, 3.63) is 24.3 Å². The van der Waals surface area contributed by atoms with Gasteiger partial charge in [0.15, 0.2) is 0 Å². The highest BCUT2D eigenvalue weighted by Crippen LogP contribution is 2.09. The summed E-state index contributed by atoms with van der Waals surface area (Å²) >= 11 is 0. The predicted molar refractivity (Wildman–Crippen MR) is 97.1 cm³/mol. The van der Waals surface area contributed by atoms with Crippen LogP contribution in [0.2, 0.25) is 0 Å². The first-order valence-corrected chi connectivity index (χ1v) is 9.41. The minimum atomic E-state index is -0.232. The van der Waals surface area contributed by atoms with Gasteiger partial charge in [-0.05, 0) is 51.4 Å². The largest absolute Gasteiger partial charge is 0.396 e. The zero-order chi connectivity index (χ0) is 16.3. The van der Waals surface area contributed by atoms with E-state index in [4.69, 9.17) is 5.11 Å². The third-order valence-corrected chi connectivity index (χ3v) is 3.90. The molecule has 0 fully saturated rings. The van der Waals surface area contributed by atoms with Gasteiger partial charge in [0.2, 0.25) is 0 Å². The normalized spacial score (nSPS) is 13.4. The van der Waals surface area contributed by atoms with Gasteiger partial charge < -0.3 is 10.2 Å². The zero-order valence-electron chi connectivity index (χ0n) is 14.7. The van der Waals surface area contributed by atoms with Crippen LogP contribution >= 0.6 is 0 Å². The van der Waals surface area contributed by atoms with E-state index in [0.717, 1.165) is 44.9 Å². The summed E-state index contributed by atoms with van der Waals surface area (Å²) in [5.74, 6) is 0. The number of rotatable bonds is 16. The molecule has 2 nitrogen and oxygen atoms in total. The summed E-state index contributed by atoms with van der Waals surface area (Å²) in [7, 11) is 0. The van der Waals surface area contributed by atoms with Gasteiger partial charge in [0, 0.05) is 6.61 Å². The van der Waals surface area contributed by atoms with E-state index in [2.05, 4.69) is 25.2 Å². The molecule has 2 heteroatoms. The van der Waals surface area contributed by atoms with Crippen molar-refractivity contribution in [1.82, 2.24) is 0 Å². The van der Waals surface area contributed by atoms with Crippen molar-refractivity contribution in [2.24, 2.45) is 0 Å². The second-order valence-electron chi connectivity index (χ2n) is 6.17. The van der Waals surface area contributed by atoms with Crippen molar-refractivity contribution in [3.8, 4) is 0 Å². The lowest BCUT2D eigenvalue weighted by Gasteiger charge is -2.03. The summed E-state index contributed by atoms with van der Waals surface area (Å²) in [4.78, 5) is 0. The fourth-order valence-corrected chi connectivity index (χ4v) is 2.43. The first-order valence-electron chi connectivity index (χ1n) is 9.41. The first kappa shape index (κ1) is 21.4. The van der Waals surface area contributed by atoms with Crippen LogP contribution in [0.5, 0.6) is 0 Å². The summed E-state index contributed by atoms with van der Waals surface area (Å²) < 4.78 is 0. The number of unbranched alkanes of at least 4 members (excludes halogenated alkanes) is 9. The smallest absolute Gasteiger partial charge is 0.0720 e. The second kappa shape index (κ2) is 18.4. The second-order valence-corrected chi connectivity index (χ2v) is 6.17. The van der Waals surface area contributed by atoms with Crippen LogP contribution in [-0.2, 0) is 0 Å². The van der Waals surface area contributed by atoms with E-state index in [1.807, 2.05) is 6.08 Å². The van der Waals surface area contributed by atoms with Crippen LogP contribution in [0.3, 0.4) is 0 Å².